The highest BCUT2D eigenvalue weighted by molar-refractivity contribution is 7.99. The SMILES string of the molecule is CN[C@@H](C)C(=O)N[C@H](C(=O)N1CCC[C@H]1Cn1nnnc1Sc1ccccc1)C(C)OCC#CC#CCO[C@H](C)[C@H](NC(=O)[C@H](C)NC)C(=O)N1CCCC1Cn1nnnc1Sc1ccccc1. The van der Waals surface area contributed by atoms with Crippen molar-refractivity contribution in [2.75, 3.05) is 40.4 Å². The summed E-state index contributed by atoms with van der Waals surface area (Å²) < 4.78 is 15.5. The molecule has 0 bridgehead atoms. The molecule has 4 amide bonds. The molecular formula is C46H60N14O6S2. The first-order chi connectivity index (χ1) is 33.0. The van der Waals surface area contributed by atoms with Gasteiger partial charge in [0.1, 0.15) is 25.3 Å². The molecule has 0 spiro atoms. The van der Waals surface area contributed by atoms with E-state index in [0.29, 0.717) is 36.5 Å². The third-order valence-electron chi connectivity index (χ3n) is 11.8. The van der Waals surface area contributed by atoms with E-state index < -0.39 is 36.4 Å². The van der Waals surface area contributed by atoms with E-state index in [-0.39, 0.29) is 48.9 Å². The van der Waals surface area contributed by atoms with Gasteiger partial charge in [-0.1, -0.05) is 48.2 Å². The molecule has 2 unspecified atom stereocenters. The Kier molecular flexibility index (Phi) is 19.7. The molecule has 4 N–H and O–H groups in total. The molecule has 20 nitrogen and oxygen atoms in total. The quantitative estimate of drug-likeness (QED) is 0.0822. The maximum Gasteiger partial charge on any atom is 0.248 e. The van der Waals surface area contributed by atoms with Crippen LogP contribution >= 0.6 is 23.5 Å². The summed E-state index contributed by atoms with van der Waals surface area (Å²) in [7, 11) is 3.34. The summed E-state index contributed by atoms with van der Waals surface area (Å²) in [5, 5.41) is 37.5. The van der Waals surface area contributed by atoms with Gasteiger partial charge in [-0.2, -0.15) is 0 Å². The minimum Gasteiger partial charge on any atom is -0.363 e. The number of rotatable bonds is 22. The van der Waals surface area contributed by atoms with Crippen LogP contribution in [0.5, 0.6) is 0 Å². The number of likely N-dealkylation sites (N-methyl/N-ethyl adjacent to an activating group) is 2. The smallest absolute Gasteiger partial charge is 0.248 e. The van der Waals surface area contributed by atoms with Crippen molar-refractivity contribution in [3.63, 3.8) is 0 Å². The molecule has 4 heterocycles. The molecule has 2 aromatic heterocycles. The Morgan fingerprint density at radius 3 is 1.43 bits per heavy atom. The highest BCUT2D eigenvalue weighted by atomic mass is 32.2. The summed E-state index contributed by atoms with van der Waals surface area (Å²) in [6.45, 7) is 8.54. The monoisotopic (exact) mass is 968 g/mol. The number of aromatic nitrogens is 8. The van der Waals surface area contributed by atoms with Crippen molar-refractivity contribution >= 4 is 47.2 Å². The molecule has 2 saturated heterocycles. The molecule has 4 aromatic rings. The predicted octanol–water partition coefficient (Wildman–Crippen LogP) is 1.65. The van der Waals surface area contributed by atoms with Crippen LogP contribution < -0.4 is 21.3 Å². The molecule has 2 fully saturated rings. The lowest BCUT2D eigenvalue weighted by atomic mass is 10.1. The van der Waals surface area contributed by atoms with Crippen molar-refractivity contribution in [2.24, 2.45) is 0 Å². The summed E-state index contributed by atoms with van der Waals surface area (Å²) in [4.78, 5) is 60.3. The van der Waals surface area contributed by atoms with Crippen LogP contribution in [-0.2, 0) is 41.7 Å². The Hall–Kier alpha value is -5.88. The summed E-state index contributed by atoms with van der Waals surface area (Å²) in [6, 6.07) is 16.1. The third-order valence-corrected chi connectivity index (χ3v) is 13.8. The second-order valence-corrected chi connectivity index (χ2v) is 18.5. The van der Waals surface area contributed by atoms with Crippen LogP contribution in [0.2, 0.25) is 0 Å². The number of carbonyl (C=O) groups excluding carboxylic acids is 4. The zero-order valence-corrected chi connectivity index (χ0v) is 40.8. The molecule has 22 heteroatoms. The van der Waals surface area contributed by atoms with E-state index in [1.54, 1.807) is 61.0 Å². The standard InChI is InChI=1S/C46H60N14O6S2/c1-31(47-5)41(61)49-39(43(63)57-25-17-19-35(57)29-59-45(51-53-55-59)67-37-21-11-9-12-22-37)33(3)65-27-15-7-8-16-28-66-34(4)40(50-42(62)32(2)48-6)44(64)58-26-18-20-36(58)30-60-46(52-54-56-60)68-38-23-13-10-14-24-38/h9-14,21-24,31-36,39-40,47-48H,17-20,25-30H2,1-6H3,(H,49,61)(H,50,62)/t31-,32-,33+,34?,35?,36-,39-,40-/m0/s1. The first-order valence-electron chi connectivity index (χ1n) is 22.7. The minimum absolute atomic E-state index is 0.0667. The van der Waals surface area contributed by atoms with Crippen molar-refractivity contribution in [3.8, 4) is 23.7 Å². The van der Waals surface area contributed by atoms with Crippen LogP contribution in [0.15, 0.2) is 80.8 Å². The lowest BCUT2D eigenvalue weighted by molar-refractivity contribution is -0.142. The van der Waals surface area contributed by atoms with Crippen LogP contribution in [0.3, 0.4) is 0 Å². The second-order valence-electron chi connectivity index (χ2n) is 16.4. The van der Waals surface area contributed by atoms with Gasteiger partial charge in [-0.05, 0) is 148 Å². The van der Waals surface area contributed by atoms with Crippen molar-refractivity contribution in [1.82, 2.24) is 71.5 Å². The third kappa shape index (κ3) is 14.3. The molecule has 2 aliphatic heterocycles. The summed E-state index contributed by atoms with van der Waals surface area (Å²) in [6.07, 6.45) is 1.58. The number of carbonyl (C=O) groups is 4. The lowest BCUT2D eigenvalue weighted by Crippen LogP contribution is -2.58. The number of amides is 4. The van der Waals surface area contributed by atoms with E-state index in [2.05, 4.69) is 76.0 Å². The Balaban J connectivity index is 1.04. The maximum atomic E-state index is 14.2. The Bertz CT molecular complexity index is 2240. The van der Waals surface area contributed by atoms with Crippen LogP contribution in [0.4, 0.5) is 0 Å². The molecule has 68 heavy (non-hydrogen) atoms. The number of hydrogen-bond acceptors (Lipinski definition) is 16. The molecule has 2 aliphatic rings. The normalized spacial score (nSPS) is 18.3. The van der Waals surface area contributed by atoms with Crippen molar-refractivity contribution in [2.45, 2.75) is 135 Å². The first kappa shape index (κ1) is 51.5. The Labute approximate surface area is 405 Å². The van der Waals surface area contributed by atoms with Gasteiger partial charge < -0.3 is 40.5 Å². The maximum absolute atomic E-state index is 14.2. The number of hydrogen-bond donors (Lipinski definition) is 4. The highest BCUT2D eigenvalue weighted by Crippen LogP contribution is 2.29. The second kappa shape index (κ2) is 26.0. The fourth-order valence-electron chi connectivity index (χ4n) is 7.62. The van der Waals surface area contributed by atoms with E-state index in [9.17, 15) is 19.2 Å². The van der Waals surface area contributed by atoms with Gasteiger partial charge in [0.05, 0.1) is 49.5 Å². The van der Waals surface area contributed by atoms with E-state index in [1.807, 2.05) is 60.7 Å². The van der Waals surface area contributed by atoms with Crippen LogP contribution in [0.1, 0.15) is 53.4 Å². The first-order valence-corrected chi connectivity index (χ1v) is 24.3. The molecule has 2 aromatic carbocycles. The molecule has 0 radical (unpaired) electrons. The van der Waals surface area contributed by atoms with E-state index in [0.717, 1.165) is 35.5 Å². The van der Waals surface area contributed by atoms with E-state index in [1.165, 1.54) is 23.5 Å². The number of ether oxygens (including phenoxy) is 2. The molecule has 0 aliphatic carbocycles. The minimum atomic E-state index is -0.993. The van der Waals surface area contributed by atoms with Crippen LogP contribution in [0, 0.1) is 23.7 Å². The largest absolute Gasteiger partial charge is 0.363 e. The Morgan fingerprint density at radius 1 is 0.647 bits per heavy atom. The summed E-state index contributed by atoms with van der Waals surface area (Å²) in [5.74, 6) is 10.00. The fourth-order valence-corrected chi connectivity index (χ4v) is 9.22. The highest BCUT2D eigenvalue weighted by Gasteiger charge is 2.39. The number of tetrazole rings is 2. The molecule has 6 rings (SSSR count). The van der Waals surface area contributed by atoms with Gasteiger partial charge >= 0.3 is 0 Å². The topological polar surface area (TPSA) is 229 Å². The van der Waals surface area contributed by atoms with E-state index >= 15 is 0 Å². The fraction of sp³-hybridized carbons (Fsp3) is 0.522. The Morgan fingerprint density at radius 2 is 1.04 bits per heavy atom. The van der Waals surface area contributed by atoms with Gasteiger partial charge in [0.15, 0.2) is 0 Å². The van der Waals surface area contributed by atoms with E-state index in [4.69, 9.17) is 9.47 Å². The van der Waals surface area contributed by atoms with Crippen molar-refractivity contribution in [3.05, 3.63) is 60.7 Å². The van der Waals surface area contributed by atoms with Gasteiger partial charge in [0.2, 0.25) is 33.9 Å². The van der Waals surface area contributed by atoms with Gasteiger partial charge in [-0.15, -0.1) is 10.2 Å². The molecule has 0 saturated carbocycles. The van der Waals surface area contributed by atoms with Gasteiger partial charge in [0, 0.05) is 22.9 Å². The van der Waals surface area contributed by atoms with Crippen molar-refractivity contribution < 1.29 is 28.7 Å². The lowest BCUT2D eigenvalue weighted by Gasteiger charge is -2.32. The van der Waals surface area contributed by atoms with Gasteiger partial charge in [-0.25, -0.2) is 9.36 Å². The average Bonchev–Trinajstić information content (AvgIpc) is 4.20. The van der Waals surface area contributed by atoms with Crippen molar-refractivity contribution in [1.29, 1.82) is 0 Å². The number of nitrogens with one attached hydrogen (secondary N) is 4. The predicted molar refractivity (Wildman–Crippen MR) is 254 cm³/mol. The number of likely N-dealkylation sites (tertiary alicyclic amines) is 2. The van der Waals surface area contributed by atoms with Gasteiger partial charge in [-0.3, -0.25) is 19.2 Å². The molecular weight excluding hydrogens is 909 g/mol. The molecule has 8 atom stereocenters. The number of nitrogens with zero attached hydrogens (tertiary/aromatic N) is 10. The zero-order chi connectivity index (χ0) is 48.4. The van der Waals surface area contributed by atoms with Crippen LogP contribution in [0.25, 0.3) is 0 Å². The number of benzene rings is 2. The summed E-state index contributed by atoms with van der Waals surface area (Å²) in [5.41, 5.74) is 0. The average molecular weight is 969 g/mol. The zero-order valence-electron chi connectivity index (χ0n) is 39.2. The molecule has 362 valence electrons. The van der Waals surface area contributed by atoms with Crippen LogP contribution in [-0.4, -0.2) is 163 Å². The van der Waals surface area contributed by atoms with Gasteiger partial charge in [0.25, 0.3) is 0 Å². The summed E-state index contributed by atoms with van der Waals surface area (Å²) >= 11 is 2.88.